The minimum absolute atomic E-state index is 0.0668. The number of ketones is 1. The van der Waals surface area contributed by atoms with Crippen molar-refractivity contribution in [3.63, 3.8) is 0 Å². The van der Waals surface area contributed by atoms with Crippen LogP contribution in [0.2, 0.25) is 0 Å². The molecule has 0 amide bonds. The number of hydrogen-bond donors (Lipinski definition) is 0. The summed E-state index contributed by atoms with van der Waals surface area (Å²) in [5.74, 6) is 0.155. The van der Waals surface area contributed by atoms with Gasteiger partial charge in [0.05, 0.1) is 5.88 Å². The highest BCUT2D eigenvalue weighted by Gasteiger charge is 2.07. The number of halogens is 2. The van der Waals surface area contributed by atoms with Gasteiger partial charge in [0.1, 0.15) is 0 Å². The number of benzene rings is 1. The Morgan fingerprint density at radius 2 is 2.20 bits per heavy atom. The molecule has 0 aliphatic rings. The molecule has 1 aromatic rings. The summed E-state index contributed by atoms with van der Waals surface area (Å²) < 4.78 is 0. The van der Waals surface area contributed by atoms with E-state index in [1.54, 1.807) is 11.8 Å². The molecule has 0 spiro atoms. The zero-order chi connectivity index (χ0) is 11.3. The molecule has 0 aliphatic heterocycles. The van der Waals surface area contributed by atoms with E-state index in [0.717, 1.165) is 16.5 Å². The molecule has 1 aromatic carbocycles. The largest absolute Gasteiger partial charge is 0.298 e. The summed E-state index contributed by atoms with van der Waals surface area (Å²) in [4.78, 5) is 12.5. The number of carbonyl (C=O) groups excluding carboxylic acids is 1. The molecular weight excluding hydrogens is 296 g/mol. The van der Waals surface area contributed by atoms with E-state index < -0.39 is 0 Å². The van der Waals surface area contributed by atoms with Crippen LogP contribution in [0.3, 0.4) is 0 Å². The van der Waals surface area contributed by atoms with E-state index in [0.29, 0.717) is 6.42 Å². The second kappa shape index (κ2) is 6.56. The monoisotopic (exact) mass is 306 g/mol. The Balaban J connectivity index is 2.95. The van der Waals surface area contributed by atoms with Gasteiger partial charge in [0.2, 0.25) is 0 Å². The van der Waals surface area contributed by atoms with E-state index in [-0.39, 0.29) is 11.7 Å². The van der Waals surface area contributed by atoms with Gasteiger partial charge in [0.15, 0.2) is 5.78 Å². The summed E-state index contributed by atoms with van der Waals surface area (Å²) in [6, 6.07) is 6.18. The second-order valence-corrected chi connectivity index (χ2v) is 4.83. The first-order valence-electron chi connectivity index (χ1n) is 4.50. The van der Waals surface area contributed by atoms with Gasteiger partial charge in [0, 0.05) is 16.6 Å². The Labute approximate surface area is 108 Å². The van der Waals surface area contributed by atoms with Crippen LogP contribution >= 0.6 is 39.3 Å². The van der Waals surface area contributed by atoms with Crippen molar-refractivity contribution < 1.29 is 4.79 Å². The Kier molecular flexibility index (Phi) is 5.72. The number of hydrogen-bond acceptors (Lipinski definition) is 2. The minimum Gasteiger partial charge on any atom is -0.298 e. The molecule has 1 nitrogen and oxygen atoms in total. The fraction of sp³-hybridized carbons (Fsp3) is 0.364. The van der Waals surface area contributed by atoms with Crippen molar-refractivity contribution in [2.75, 3.05) is 12.1 Å². The summed E-state index contributed by atoms with van der Waals surface area (Å²) in [5.41, 5.74) is 2.23. The normalized spacial score (nSPS) is 10.3. The number of alkyl halides is 2. The van der Waals surface area contributed by atoms with Crippen LogP contribution in [0.4, 0.5) is 0 Å². The number of Topliss-reactive ketones (excluding diaryl/α,β-unsaturated/α-hetero) is 1. The molecule has 0 unspecified atom stereocenters. The van der Waals surface area contributed by atoms with Crippen LogP contribution in [-0.4, -0.2) is 17.9 Å². The molecule has 0 aromatic heterocycles. The maximum absolute atomic E-state index is 11.3. The molecule has 82 valence electrons. The van der Waals surface area contributed by atoms with Crippen molar-refractivity contribution in [3.05, 3.63) is 29.3 Å². The van der Waals surface area contributed by atoms with E-state index >= 15 is 0 Å². The molecule has 0 saturated carbocycles. The average molecular weight is 308 g/mol. The number of thioether (sulfide) groups is 1. The Hall–Kier alpha value is 0.01000. The molecule has 0 N–H and O–H groups in total. The molecular formula is C11H12BrClOS. The van der Waals surface area contributed by atoms with E-state index in [1.807, 2.05) is 6.26 Å². The summed E-state index contributed by atoms with van der Waals surface area (Å²) in [6.07, 6.45) is 2.45. The summed E-state index contributed by atoms with van der Waals surface area (Å²) >= 11 is 10.6. The molecule has 0 aliphatic carbocycles. The molecule has 1 rings (SSSR count). The topological polar surface area (TPSA) is 17.1 Å². The van der Waals surface area contributed by atoms with Gasteiger partial charge in [0.25, 0.3) is 0 Å². The van der Waals surface area contributed by atoms with Crippen LogP contribution in [0, 0.1) is 0 Å². The molecule has 0 atom stereocenters. The van der Waals surface area contributed by atoms with Crippen LogP contribution in [0.25, 0.3) is 0 Å². The highest BCUT2D eigenvalue weighted by molar-refractivity contribution is 9.08. The lowest BCUT2D eigenvalue weighted by atomic mass is 10.0. The lowest BCUT2D eigenvalue weighted by Gasteiger charge is -2.07. The van der Waals surface area contributed by atoms with Crippen LogP contribution in [0.1, 0.15) is 11.1 Å². The van der Waals surface area contributed by atoms with Crippen LogP contribution in [0.15, 0.2) is 23.1 Å². The fourth-order valence-electron chi connectivity index (χ4n) is 1.28. The maximum atomic E-state index is 11.3. The molecule has 15 heavy (non-hydrogen) atoms. The zero-order valence-corrected chi connectivity index (χ0v) is 11.6. The number of carbonyl (C=O) groups is 1. The molecule has 0 radical (unpaired) electrons. The summed E-state index contributed by atoms with van der Waals surface area (Å²) in [5, 5.41) is 0.770. The van der Waals surface area contributed by atoms with Crippen molar-refractivity contribution in [1.82, 2.24) is 0 Å². The van der Waals surface area contributed by atoms with Crippen molar-refractivity contribution >= 4 is 45.1 Å². The molecule has 0 heterocycles. The van der Waals surface area contributed by atoms with E-state index in [4.69, 9.17) is 11.6 Å². The van der Waals surface area contributed by atoms with Gasteiger partial charge in [-0.25, -0.2) is 0 Å². The van der Waals surface area contributed by atoms with Crippen molar-refractivity contribution in [3.8, 4) is 0 Å². The smallest absolute Gasteiger partial charge is 0.151 e. The van der Waals surface area contributed by atoms with Crippen LogP contribution in [-0.2, 0) is 16.5 Å². The Morgan fingerprint density at radius 1 is 1.47 bits per heavy atom. The zero-order valence-electron chi connectivity index (χ0n) is 8.43. The van der Waals surface area contributed by atoms with Crippen molar-refractivity contribution in [2.45, 2.75) is 16.6 Å². The standard InChI is InChI=1S/C11H12BrClOS/c1-15-11-3-2-8(6-12)9(5-11)4-10(14)7-13/h2-3,5H,4,6-7H2,1H3. The van der Waals surface area contributed by atoms with Crippen molar-refractivity contribution in [1.29, 1.82) is 0 Å². The second-order valence-electron chi connectivity index (χ2n) is 3.12. The first kappa shape index (κ1) is 13.1. The van der Waals surface area contributed by atoms with Gasteiger partial charge in [-0.2, -0.15) is 0 Å². The predicted octanol–water partition coefficient (Wildman–Crippen LogP) is 3.65. The van der Waals surface area contributed by atoms with Gasteiger partial charge in [-0.3, -0.25) is 4.79 Å². The molecule has 0 bridgehead atoms. The van der Waals surface area contributed by atoms with Gasteiger partial charge >= 0.3 is 0 Å². The first-order valence-corrected chi connectivity index (χ1v) is 7.38. The summed E-state index contributed by atoms with van der Waals surface area (Å²) in [7, 11) is 0. The third-order valence-corrected chi connectivity index (χ3v) is 3.72. The van der Waals surface area contributed by atoms with Gasteiger partial charge in [-0.1, -0.05) is 22.0 Å². The quantitative estimate of drug-likeness (QED) is 0.610. The maximum Gasteiger partial charge on any atom is 0.151 e. The predicted molar refractivity (Wildman–Crippen MR) is 70.3 cm³/mol. The van der Waals surface area contributed by atoms with E-state index in [9.17, 15) is 4.79 Å². The van der Waals surface area contributed by atoms with Gasteiger partial charge < -0.3 is 0 Å². The highest BCUT2D eigenvalue weighted by Crippen LogP contribution is 2.21. The lowest BCUT2D eigenvalue weighted by Crippen LogP contribution is -2.05. The summed E-state index contributed by atoms with van der Waals surface area (Å²) in [6.45, 7) is 0. The minimum atomic E-state index is 0.0668. The first-order chi connectivity index (χ1) is 7.21. The third kappa shape index (κ3) is 3.82. The van der Waals surface area contributed by atoms with Crippen molar-refractivity contribution in [2.24, 2.45) is 0 Å². The molecule has 4 heteroatoms. The molecule has 0 fully saturated rings. The van der Waals surface area contributed by atoms with Crippen LogP contribution < -0.4 is 0 Å². The fourth-order valence-corrected chi connectivity index (χ4v) is 2.39. The van der Waals surface area contributed by atoms with Gasteiger partial charge in [-0.15, -0.1) is 23.4 Å². The van der Waals surface area contributed by atoms with E-state index in [2.05, 4.69) is 34.1 Å². The number of rotatable bonds is 5. The van der Waals surface area contributed by atoms with Gasteiger partial charge in [-0.05, 0) is 29.5 Å². The highest BCUT2D eigenvalue weighted by atomic mass is 79.9. The SMILES string of the molecule is CSc1ccc(CBr)c(CC(=O)CCl)c1. The average Bonchev–Trinajstić information content (AvgIpc) is 2.28. The third-order valence-electron chi connectivity index (χ3n) is 2.09. The Morgan fingerprint density at radius 3 is 2.73 bits per heavy atom. The van der Waals surface area contributed by atoms with E-state index in [1.165, 1.54) is 4.90 Å². The lowest BCUT2D eigenvalue weighted by molar-refractivity contribution is -0.116. The van der Waals surface area contributed by atoms with Crippen LogP contribution in [0.5, 0.6) is 0 Å². The Bertz CT molecular complexity index is 354. The molecule has 0 saturated heterocycles.